The van der Waals surface area contributed by atoms with Crippen molar-refractivity contribution in [1.82, 2.24) is 9.88 Å². The van der Waals surface area contributed by atoms with Crippen molar-refractivity contribution in [1.29, 1.82) is 0 Å². The number of aliphatic hydroxyl groups is 1. The fraction of sp³-hybridized carbons (Fsp3) is 0.429. The van der Waals surface area contributed by atoms with Crippen LogP contribution in [0.15, 0.2) is 41.4 Å². The molecule has 1 saturated heterocycles. The Bertz CT molecular complexity index is 1310. The SMILES string of the molecule is COc1ccc2ncc(CN)c([C@H](O)CCC3(C(=O)O)CCN(CCSc4cc(F)c(F)c(F)c4)CC3)c2c1. The predicted molar refractivity (Wildman–Crippen MR) is 143 cm³/mol. The molecule has 0 spiro atoms. The molecule has 1 aliphatic heterocycles. The van der Waals surface area contributed by atoms with Crippen LogP contribution in [-0.2, 0) is 11.3 Å². The van der Waals surface area contributed by atoms with Crippen LogP contribution in [-0.4, -0.2) is 58.6 Å². The number of methoxy groups -OCH3 is 1. The Morgan fingerprint density at radius 3 is 2.51 bits per heavy atom. The number of fused-ring (bicyclic) bond motifs is 1. The third-order valence-electron chi connectivity index (χ3n) is 7.55. The van der Waals surface area contributed by atoms with Gasteiger partial charge in [0.15, 0.2) is 17.5 Å². The summed E-state index contributed by atoms with van der Waals surface area (Å²) < 4.78 is 45.4. The molecule has 4 rings (SSSR count). The molecule has 0 aliphatic carbocycles. The maximum absolute atomic E-state index is 13.4. The molecule has 0 unspecified atom stereocenters. The predicted octanol–water partition coefficient (Wildman–Crippen LogP) is 4.89. The highest BCUT2D eigenvalue weighted by atomic mass is 32.2. The number of halogens is 3. The van der Waals surface area contributed by atoms with Crippen LogP contribution in [0.3, 0.4) is 0 Å². The molecule has 2 heterocycles. The van der Waals surface area contributed by atoms with Crippen molar-refractivity contribution in [2.24, 2.45) is 11.1 Å². The third kappa shape index (κ3) is 6.49. The highest BCUT2D eigenvalue weighted by Gasteiger charge is 2.41. The summed E-state index contributed by atoms with van der Waals surface area (Å²) in [5, 5.41) is 22.1. The van der Waals surface area contributed by atoms with Gasteiger partial charge >= 0.3 is 5.97 Å². The van der Waals surface area contributed by atoms with Crippen molar-refractivity contribution in [3.63, 3.8) is 0 Å². The van der Waals surface area contributed by atoms with Gasteiger partial charge in [0.2, 0.25) is 0 Å². The fourth-order valence-electron chi connectivity index (χ4n) is 5.16. The van der Waals surface area contributed by atoms with Crippen LogP contribution in [0, 0.1) is 22.9 Å². The number of aliphatic hydroxyl groups excluding tert-OH is 1. The second kappa shape index (κ2) is 12.5. The smallest absolute Gasteiger partial charge is 0.309 e. The van der Waals surface area contributed by atoms with E-state index in [0.717, 1.165) is 17.5 Å². The highest BCUT2D eigenvalue weighted by Crippen LogP contribution is 2.40. The first kappa shape index (κ1) is 29.1. The van der Waals surface area contributed by atoms with E-state index in [1.165, 1.54) is 11.8 Å². The van der Waals surface area contributed by atoms with Gasteiger partial charge in [0.1, 0.15) is 5.75 Å². The average molecular weight is 564 g/mol. The number of rotatable bonds is 11. The largest absolute Gasteiger partial charge is 0.497 e. The summed E-state index contributed by atoms with van der Waals surface area (Å²) in [6, 6.07) is 7.34. The molecule has 2 aromatic carbocycles. The van der Waals surface area contributed by atoms with E-state index in [1.54, 1.807) is 31.5 Å². The number of nitrogens with zero attached hydrogens (tertiary/aromatic N) is 2. The molecule has 7 nitrogen and oxygen atoms in total. The van der Waals surface area contributed by atoms with E-state index in [2.05, 4.69) is 9.88 Å². The summed E-state index contributed by atoms with van der Waals surface area (Å²) >= 11 is 1.21. The summed E-state index contributed by atoms with van der Waals surface area (Å²) in [6.07, 6.45) is 2.07. The lowest BCUT2D eigenvalue weighted by atomic mass is 9.74. The third-order valence-corrected chi connectivity index (χ3v) is 8.50. The minimum absolute atomic E-state index is 0.181. The Labute approximate surface area is 229 Å². The van der Waals surface area contributed by atoms with E-state index in [-0.39, 0.29) is 19.4 Å². The number of carboxylic acid groups (broad SMARTS) is 1. The topological polar surface area (TPSA) is 109 Å². The van der Waals surface area contributed by atoms with Crippen molar-refractivity contribution < 1.29 is 32.9 Å². The van der Waals surface area contributed by atoms with Crippen LogP contribution in [0.25, 0.3) is 10.9 Å². The number of nitrogens with two attached hydrogens (primary N) is 1. The number of thioether (sulfide) groups is 1. The molecule has 1 fully saturated rings. The van der Waals surface area contributed by atoms with Crippen molar-refractivity contribution in [3.8, 4) is 5.75 Å². The van der Waals surface area contributed by atoms with Gasteiger partial charge in [-0.25, -0.2) is 13.2 Å². The molecule has 0 bridgehead atoms. The molecule has 1 aromatic heterocycles. The highest BCUT2D eigenvalue weighted by molar-refractivity contribution is 7.99. The number of ether oxygens (including phenoxy) is 1. The average Bonchev–Trinajstić information content (AvgIpc) is 2.94. The summed E-state index contributed by atoms with van der Waals surface area (Å²) in [5.74, 6) is -3.68. The van der Waals surface area contributed by atoms with Crippen LogP contribution < -0.4 is 10.5 Å². The van der Waals surface area contributed by atoms with E-state index >= 15 is 0 Å². The van der Waals surface area contributed by atoms with Gasteiger partial charge in [-0.05, 0) is 80.2 Å². The first-order valence-electron chi connectivity index (χ1n) is 12.7. The molecule has 4 N–H and O–H groups in total. The molecule has 1 atom stereocenters. The summed E-state index contributed by atoms with van der Waals surface area (Å²) in [7, 11) is 1.56. The number of aromatic nitrogens is 1. The van der Waals surface area contributed by atoms with Crippen LogP contribution in [0.4, 0.5) is 13.2 Å². The number of pyridine rings is 1. The van der Waals surface area contributed by atoms with Crippen LogP contribution >= 0.6 is 11.8 Å². The lowest BCUT2D eigenvalue weighted by Gasteiger charge is -2.39. The lowest BCUT2D eigenvalue weighted by Crippen LogP contribution is -2.45. The summed E-state index contributed by atoms with van der Waals surface area (Å²) in [5.41, 5.74) is 6.99. The fourth-order valence-corrected chi connectivity index (χ4v) is 6.12. The van der Waals surface area contributed by atoms with Gasteiger partial charge in [-0.3, -0.25) is 9.78 Å². The van der Waals surface area contributed by atoms with Gasteiger partial charge in [0.05, 0.1) is 24.1 Å². The zero-order chi connectivity index (χ0) is 28.2. The number of aliphatic carboxylic acids is 1. The second-order valence-electron chi connectivity index (χ2n) is 9.82. The van der Waals surface area contributed by atoms with Gasteiger partial charge in [0.25, 0.3) is 0 Å². The molecule has 39 heavy (non-hydrogen) atoms. The van der Waals surface area contributed by atoms with Crippen LogP contribution in [0.5, 0.6) is 5.75 Å². The molecule has 3 aromatic rings. The van der Waals surface area contributed by atoms with E-state index in [1.807, 2.05) is 0 Å². The Kier molecular flexibility index (Phi) is 9.37. The summed E-state index contributed by atoms with van der Waals surface area (Å²) in [4.78, 5) is 19.2. The molecule has 11 heteroatoms. The van der Waals surface area contributed by atoms with Gasteiger partial charge in [-0.2, -0.15) is 0 Å². The Morgan fingerprint density at radius 2 is 1.90 bits per heavy atom. The molecule has 1 aliphatic rings. The minimum Gasteiger partial charge on any atom is -0.497 e. The Morgan fingerprint density at radius 1 is 1.21 bits per heavy atom. The zero-order valence-electron chi connectivity index (χ0n) is 21.6. The van der Waals surface area contributed by atoms with Crippen molar-refractivity contribution in [2.45, 2.75) is 43.2 Å². The molecular formula is C28H32F3N3O4S. The minimum atomic E-state index is -1.48. The van der Waals surface area contributed by atoms with Gasteiger partial charge in [-0.1, -0.05) is 0 Å². The molecule has 0 radical (unpaired) electrons. The van der Waals surface area contributed by atoms with Crippen molar-refractivity contribution in [2.75, 3.05) is 32.5 Å². The molecule has 210 valence electrons. The van der Waals surface area contributed by atoms with Crippen molar-refractivity contribution in [3.05, 3.63) is 65.1 Å². The Balaban J connectivity index is 1.38. The first-order chi connectivity index (χ1) is 18.7. The first-order valence-corrected chi connectivity index (χ1v) is 13.7. The number of hydrogen-bond donors (Lipinski definition) is 3. The number of likely N-dealkylation sites (tertiary alicyclic amines) is 1. The second-order valence-corrected chi connectivity index (χ2v) is 11.0. The number of carbonyl (C=O) groups is 1. The standard InChI is InChI=1S/C28H32F3N3O4S/c1-38-18-2-3-23-20(12-18)25(17(15-32)16-33-23)24(35)4-5-28(27(36)37)6-8-34(9-7-28)10-11-39-19-13-21(29)26(31)22(30)14-19/h2-3,12-14,16,24,35H,4-11,15,32H2,1H3,(H,36,37)/t24-/m1/s1. The molecule has 0 saturated carbocycles. The maximum Gasteiger partial charge on any atom is 0.309 e. The normalized spacial score (nSPS) is 16.4. The molecular weight excluding hydrogens is 531 g/mol. The van der Waals surface area contributed by atoms with E-state index < -0.39 is 34.9 Å². The number of benzene rings is 2. The molecule has 0 amide bonds. The number of hydrogen-bond acceptors (Lipinski definition) is 7. The van der Waals surface area contributed by atoms with E-state index in [0.29, 0.717) is 65.5 Å². The monoisotopic (exact) mass is 563 g/mol. The van der Waals surface area contributed by atoms with Gasteiger partial charge in [-0.15, -0.1) is 11.8 Å². The maximum atomic E-state index is 13.4. The summed E-state index contributed by atoms with van der Waals surface area (Å²) in [6.45, 7) is 1.85. The van der Waals surface area contributed by atoms with Crippen LogP contribution in [0.1, 0.15) is 42.9 Å². The van der Waals surface area contributed by atoms with Gasteiger partial charge in [0, 0.05) is 35.3 Å². The number of piperidine rings is 1. The van der Waals surface area contributed by atoms with E-state index in [9.17, 15) is 28.2 Å². The van der Waals surface area contributed by atoms with Crippen LogP contribution in [0.2, 0.25) is 0 Å². The van der Waals surface area contributed by atoms with E-state index in [4.69, 9.17) is 10.5 Å². The Hall–Kier alpha value is -2.86. The van der Waals surface area contributed by atoms with Gasteiger partial charge < -0.3 is 25.6 Å². The quantitative estimate of drug-likeness (QED) is 0.224. The van der Waals surface area contributed by atoms with Crippen molar-refractivity contribution >= 4 is 28.6 Å². The lowest BCUT2D eigenvalue weighted by molar-refractivity contribution is -0.153. The zero-order valence-corrected chi connectivity index (χ0v) is 22.4. The number of carboxylic acids is 1.